The highest BCUT2D eigenvalue weighted by Gasteiger charge is 2.34. The molecule has 0 aliphatic heterocycles. The average molecular weight is 1100 g/mol. The molecular formula is C82H62N4. The van der Waals surface area contributed by atoms with Gasteiger partial charge in [-0.3, -0.25) is 0 Å². The van der Waals surface area contributed by atoms with Crippen LogP contribution in [0.2, 0.25) is 0 Å². The van der Waals surface area contributed by atoms with Crippen LogP contribution in [-0.2, 0) is 0 Å². The van der Waals surface area contributed by atoms with E-state index in [4.69, 9.17) is 0 Å². The number of aromatic nitrogens is 2. The highest BCUT2D eigenvalue weighted by atomic mass is 15.1. The Kier molecular flexibility index (Phi) is 12.1. The van der Waals surface area contributed by atoms with E-state index < -0.39 is 0 Å². The fraction of sp³-hybridized carbons (Fsp3) is 0.0976. The summed E-state index contributed by atoms with van der Waals surface area (Å²) in [5.41, 5.74) is 20.1. The second-order valence-electron chi connectivity index (χ2n) is 24.0. The number of hydrogen-bond donors (Lipinski definition) is 0. The lowest BCUT2D eigenvalue weighted by molar-refractivity contribution is 0.351. The van der Waals surface area contributed by atoms with Gasteiger partial charge in [0.25, 0.3) is 0 Å². The third-order valence-electron chi connectivity index (χ3n) is 19.2. The monoisotopic (exact) mass is 1100 g/mol. The van der Waals surface area contributed by atoms with Gasteiger partial charge in [0.15, 0.2) is 0 Å². The molecule has 0 amide bonds. The van der Waals surface area contributed by atoms with Crippen LogP contribution in [0.4, 0.5) is 34.1 Å². The molecule has 2 saturated carbocycles. The zero-order chi connectivity index (χ0) is 56.7. The number of benzene rings is 13. The maximum atomic E-state index is 2.57. The Morgan fingerprint density at radius 3 is 0.779 bits per heavy atom. The van der Waals surface area contributed by atoms with Gasteiger partial charge in [0.2, 0.25) is 0 Å². The summed E-state index contributed by atoms with van der Waals surface area (Å²) in [4.78, 5) is 4.69. The smallest absolute Gasteiger partial charge is 0.0620 e. The Labute approximate surface area is 501 Å². The first-order valence-electron chi connectivity index (χ1n) is 30.7. The number of rotatable bonds is 12. The summed E-state index contributed by atoms with van der Waals surface area (Å²) in [7, 11) is 0. The molecule has 0 saturated heterocycles. The summed E-state index contributed by atoms with van der Waals surface area (Å²) >= 11 is 0. The third kappa shape index (κ3) is 8.34. The number of para-hydroxylation sites is 6. The van der Waals surface area contributed by atoms with Crippen LogP contribution in [0.25, 0.3) is 76.5 Å². The van der Waals surface area contributed by atoms with E-state index in [0.717, 1.165) is 48.4 Å². The van der Waals surface area contributed by atoms with Crippen molar-refractivity contribution in [3.05, 3.63) is 326 Å². The van der Waals surface area contributed by atoms with Crippen LogP contribution in [0.5, 0.6) is 0 Å². The Morgan fingerprint density at radius 2 is 0.453 bits per heavy atom. The largest absolute Gasteiger partial charge is 0.311 e. The molecule has 13 aromatic carbocycles. The van der Waals surface area contributed by atoms with Crippen LogP contribution in [0, 0.1) is 0 Å². The van der Waals surface area contributed by atoms with Crippen molar-refractivity contribution in [3.63, 3.8) is 0 Å². The highest BCUT2D eigenvalue weighted by molar-refractivity contribution is 6.20. The summed E-state index contributed by atoms with van der Waals surface area (Å²) in [6.45, 7) is 0. The lowest BCUT2D eigenvalue weighted by Crippen LogP contribution is -2.20. The number of nitrogens with zero attached hydrogens (tertiary/aromatic N) is 4. The van der Waals surface area contributed by atoms with Crippen molar-refractivity contribution in [1.29, 1.82) is 0 Å². The minimum atomic E-state index is 0.506. The maximum Gasteiger partial charge on any atom is 0.0620 e. The van der Waals surface area contributed by atoms with E-state index in [2.05, 4.69) is 322 Å². The van der Waals surface area contributed by atoms with Crippen molar-refractivity contribution in [2.45, 2.75) is 49.4 Å². The topological polar surface area (TPSA) is 16.3 Å². The van der Waals surface area contributed by atoms with E-state index in [1.165, 1.54) is 110 Å². The molecule has 4 heteroatoms. The fourth-order valence-electron chi connectivity index (χ4n) is 14.9. The normalized spacial score (nSPS) is 16.7. The van der Waals surface area contributed by atoms with E-state index in [1.807, 2.05) is 0 Å². The molecule has 86 heavy (non-hydrogen) atoms. The minimum Gasteiger partial charge on any atom is -0.311 e. The van der Waals surface area contributed by atoms with Gasteiger partial charge in [-0.25, -0.2) is 0 Å². The average Bonchev–Trinajstić information content (AvgIpc) is 1.94. The van der Waals surface area contributed by atoms with Crippen molar-refractivity contribution in [3.8, 4) is 11.4 Å². The first-order chi connectivity index (χ1) is 42.7. The van der Waals surface area contributed by atoms with Gasteiger partial charge in [-0.05, 0) is 181 Å². The summed E-state index contributed by atoms with van der Waals surface area (Å²) in [5, 5.41) is 10.2. The van der Waals surface area contributed by atoms with Crippen molar-refractivity contribution < 1.29 is 0 Å². The standard InChI is InChI=1S/C82H62N4/c1-5-21-63(22-6-1)83(64-23-7-2-8-24-64)67-43-37-55(38-44-67)59-49-61(50-59)57-41-47-79-75(53-57)69-29-17-19-35-77(69)85(79)81-71-31-13-15-33-73(71)82(74-34-16-14-32-72(74)81)86-78-36-20-18-30-70(78)76-54-58(42-48-80(76)86)62-51-60(52-62)56-39-45-68(46-40-56)84(65-25-9-3-10-26-65)66-27-11-4-12-28-66/h1-48,53-54,59-62H,49-52H2. The summed E-state index contributed by atoms with van der Waals surface area (Å²) in [6.07, 6.45) is 4.58. The molecule has 2 fully saturated rings. The summed E-state index contributed by atoms with van der Waals surface area (Å²) < 4.78 is 5.15. The van der Waals surface area contributed by atoms with Gasteiger partial charge < -0.3 is 18.9 Å². The van der Waals surface area contributed by atoms with Gasteiger partial charge in [0, 0.05) is 77.2 Å². The fourth-order valence-corrected chi connectivity index (χ4v) is 14.9. The first kappa shape index (κ1) is 50.1. The van der Waals surface area contributed by atoms with E-state index in [0.29, 0.717) is 23.7 Å². The molecule has 15 aromatic rings. The number of fused-ring (bicyclic) bond motifs is 8. The number of hydrogen-bond acceptors (Lipinski definition) is 2. The van der Waals surface area contributed by atoms with Crippen LogP contribution in [-0.4, -0.2) is 9.13 Å². The van der Waals surface area contributed by atoms with Gasteiger partial charge in [0.1, 0.15) is 0 Å². The zero-order valence-corrected chi connectivity index (χ0v) is 47.8. The summed E-state index contributed by atoms with van der Waals surface area (Å²) in [6, 6.07) is 113. The predicted octanol–water partition coefficient (Wildman–Crippen LogP) is 22.4. The molecule has 2 aromatic heterocycles. The lowest BCUT2D eigenvalue weighted by Gasteiger charge is -2.36. The van der Waals surface area contributed by atoms with Crippen LogP contribution >= 0.6 is 0 Å². The first-order valence-corrected chi connectivity index (χ1v) is 30.7. The van der Waals surface area contributed by atoms with Crippen LogP contribution in [0.1, 0.15) is 71.6 Å². The van der Waals surface area contributed by atoms with E-state index in [1.54, 1.807) is 0 Å². The Hall–Kier alpha value is -10.4. The Bertz CT molecular complexity index is 4540. The maximum absolute atomic E-state index is 2.57. The SMILES string of the molecule is c1ccc(N(c2ccccc2)c2ccc(C3CC(c4ccc5c(c4)c4ccccc4n5-c4c5ccccc5c(-n5c6ccccc6c6cc(C7CC(c8ccc(N(c9ccccc9)c9ccccc9)cc8)C7)ccc65)c5ccccc45)C3)cc2)cc1. The molecule has 0 unspecified atom stereocenters. The second-order valence-corrected chi connectivity index (χ2v) is 24.0. The molecular weight excluding hydrogens is 1040 g/mol. The molecule has 2 aliphatic rings. The highest BCUT2D eigenvalue weighted by Crippen LogP contribution is 2.52. The molecule has 0 atom stereocenters. The van der Waals surface area contributed by atoms with Crippen LogP contribution in [0.3, 0.4) is 0 Å². The molecule has 0 N–H and O–H groups in total. The van der Waals surface area contributed by atoms with Crippen molar-refractivity contribution in [2.75, 3.05) is 9.80 Å². The minimum absolute atomic E-state index is 0.506. The van der Waals surface area contributed by atoms with E-state index in [-0.39, 0.29) is 0 Å². The molecule has 0 spiro atoms. The van der Waals surface area contributed by atoms with Gasteiger partial charge in [0.05, 0.1) is 33.4 Å². The van der Waals surface area contributed by atoms with Gasteiger partial charge >= 0.3 is 0 Å². The zero-order valence-electron chi connectivity index (χ0n) is 47.8. The summed E-state index contributed by atoms with van der Waals surface area (Å²) in [5.74, 6) is 2.08. The van der Waals surface area contributed by atoms with Crippen molar-refractivity contribution in [2.24, 2.45) is 0 Å². The van der Waals surface area contributed by atoms with E-state index in [9.17, 15) is 0 Å². The van der Waals surface area contributed by atoms with Crippen LogP contribution < -0.4 is 9.80 Å². The van der Waals surface area contributed by atoms with Gasteiger partial charge in [-0.1, -0.05) is 194 Å². The van der Waals surface area contributed by atoms with Gasteiger partial charge in [-0.2, -0.15) is 0 Å². The van der Waals surface area contributed by atoms with Crippen molar-refractivity contribution >= 4 is 99.3 Å². The molecule has 2 heterocycles. The quantitative estimate of drug-likeness (QED) is 0.113. The molecule has 0 radical (unpaired) electrons. The predicted molar refractivity (Wildman–Crippen MR) is 362 cm³/mol. The lowest BCUT2D eigenvalue weighted by atomic mass is 9.68. The molecule has 410 valence electrons. The Morgan fingerprint density at radius 1 is 0.209 bits per heavy atom. The molecule has 17 rings (SSSR count). The van der Waals surface area contributed by atoms with Gasteiger partial charge in [-0.15, -0.1) is 0 Å². The van der Waals surface area contributed by atoms with Crippen molar-refractivity contribution in [1.82, 2.24) is 9.13 Å². The second kappa shape index (κ2) is 20.7. The van der Waals surface area contributed by atoms with Crippen LogP contribution in [0.15, 0.2) is 303 Å². The number of anilines is 6. The molecule has 4 nitrogen and oxygen atoms in total. The molecule has 0 bridgehead atoms. The third-order valence-corrected chi connectivity index (χ3v) is 19.2. The molecule has 2 aliphatic carbocycles. The Balaban J connectivity index is 0.691. The van der Waals surface area contributed by atoms with E-state index >= 15 is 0 Å².